The highest BCUT2D eigenvalue weighted by atomic mass is 19.1. The van der Waals surface area contributed by atoms with Crippen molar-refractivity contribution >= 4 is 5.78 Å². The van der Waals surface area contributed by atoms with E-state index >= 15 is 0 Å². The van der Waals surface area contributed by atoms with E-state index in [9.17, 15) is 9.18 Å². The highest BCUT2D eigenvalue weighted by molar-refractivity contribution is 5.98. The molecule has 0 saturated heterocycles. The van der Waals surface area contributed by atoms with Crippen molar-refractivity contribution in [3.63, 3.8) is 0 Å². The maximum absolute atomic E-state index is 12.7. The van der Waals surface area contributed by atoms with Gasteiger partial charge in [0.1, 0.15) is 11.9 Å². The van der Waals surface area contributed by atoms with Crippen LogP contribution in [0, 0.1) is 5.82 Å². The number of rotatable bonds is 4. The number of hydrogen-bond acceptors (Lipinski definition) is 3. The standard InChI is InChI=1S/C10H12FNO2/c1-3-14-7(2)10(13)8-4-9(11)6-12-5-8/h4-7H,3H2,1-2H3. The van der Waals surface area contributed by atoms with E-state index in [0.29, 0.717) is 6.61 Å². The molecule has 1 rings (SSSR count). The lowest BCUT2D eigenvalue weighted by atomic mass is 10.1. The first-order valence-electron chi connectivity index (χ1n) is 4.41. The SMILES string of the molecule is CCOC(C)C(=O)c1cncc(F)c1. The summed E-state index contributed by atoms with van der Waals surface area (Å²) in [6.45, 7) is 3.89. The summed E-state index contributed by atoms with van der Waals surface area (Å²) >= 11 is 0. The minimum absolute atomic E-state index is 0.242. The normalized spacial score (nSPS) is 12.5. The van der Waals surface area contributed by atoms with Crippen molar-refractivity contribution in [2.45, 2.75) is 20.0 Å². The third-order valence-electron chi connectivity index (χ3n) is 1.78. The Morgan fingerprint density at radius 2 is 2.36 bits per heavy atom. The van der Waals surface area contributed by atoms with Crippen LogP contribution in [-0.2, 0) is 4.74 Å². The van der Waals surface area contributed by atoms with E-state index < -0.39 is 11.9 Å². The second-order valence-electron chi connectivity index (χ2n) is 2.85. The number of Topliss-reactive ketones (excluding diaryl/α,β-unsaturated/α-hetero) is 1. The number of carbonyl (C=O) groups is 1. The lowest BCUT2D eigenvalue weighted by Gasteiger charge is -2.09. The van der Waals surface area contributed by atoms with Gasteiger partial charge in [0, 0.05) is 18.4 Å². The fourth-order valence-corrected chi connectivity index (χ4v) is 1.11. The average Bonchev–Trinajstić information content (AvgIpc) is 2.17. The summed E-state index contributed by atoms with van der Waals surface area (Å²) in [5, 5.41) is 0. The van der Waals surface area contributed by atoms with Crippen molar-refractivity contribution in [1.29, 1.82) is 0 Å². The van der Waals surface area contributed by atoms with E-state index in [-0.39, 0.29) is 11.3 Å². The van der Waals surface area contributed by atoms with Crippen LogP contribution < -0.4 is 0 Å². The van der Waals surface area contributed by atoms with Crippen LogP contribution in [0.1, 0.15) is 24.2 Å². The van der Waals surface area contributed by atoms with Crippen LogP contribution in [0.4, 0.5) is 4.39 Å². The molecule has 0 spiro atoms. The zero-order chi connectivity index (χ0) is 10.6. The summed E-state index contributed by atoms with van der Waals surface area (Å²) in [4.78, 5) is 15.2. The number of aromatic nitrogens is 1. The molecule has 0 aliphatic heterocycles. The lowest BCUT2D eigenvalue weighted by Crippen LogP contribution is -2.21. The monoisotopic (exact) mass is 197 g/mol. The summed E-state index contributed by atoms with van der Waals surface area (Å²) in [7, 11) is 0. The summed E-state index contributed by atoms with van der Waals surface area (Å²) in [5.41, 5.74) is 0.242. The lowest BCUT2D eigenvalue weighted by molar-refractivity contribution is 0.0520. The smallest absolute Gasteiger partial charge is 0.192 e. The fourth-order valence-electron chi connectivity index (χ4n) is 1.11. The maximum Gasteiger partial charge on any atom is 0.192 e. The van der Waals surface area contributed by atoms with Crippen LogP contribution in [-0.4, -0.2) is 23.5 Å². The minimum Gasteiger partial charge on any atom is -0.371 e. The van der Waals surface area contributed by atoms with Gasteiger partial charge in [-0.2, -0.15) is 0 Å². The number of ether oxygens (including phenoxy) is 1. The highest BCUT2D eigenvalue weighted by Gasteiger charge is 2.15. The van der Waals surface area contributed by atoms with Gasteiger partial charge in [-0.15, -0.1) is 0 Å². The Labute approximate surface area is 81.9 Å². The first kappa shape index (κ1) is 10.8. The number of nitrogens with zero attached hydrogens (tertiary/aromatic N) is 1. The molecule has 1 heterocycles. The molecular weight excluding hydrogens is 185 g/mol. The van der Waals surface area contributed by atoms with Crippen LogP contribution in [0.3, 0.4) is 0 Å². The number of halogens is 1. The van der Waals surface area contributed by atoms with Gasteiger partial charge in [-0.1, -0.05) is 0 Å². The van der Waals surface area contributed by atoms with Crippen molar-refractivity contribution < 1.29 is 13.9 Å². The average molecular weight is 197 g/mol. The molecule has 0 N–H and O–H groups in total. The first-order chi connectivity index (χ1) is 6.65. The van der Waals surface area contributed by atoms with E-state index in [0.717, 1.165) is 12.3 Å². The van der Waals surface area contributed by atoms with Crippen LogP contribution in [0.2, 0.25) is 0 Å². The summed E-state index contributed by atoms with van der Waals surface area (Å²) in [5.74, 6) is -0.765. The van der Waals surface area contributed by atoms with Gasteiger partial charge in [-0.25, -0.2) is 4.39 Å². The molecule has 0 radical (unpaired) electrons. The Bertz CT molecular complexity index is 328. The molecule has 0 aliphatic carbocycles. The zero-order valence-electron chi connectivity index (χ0n) is 8.16. The molecule has 0 aromatic carbocycles. The molecule has 0 amide bonds. The van der Waals surface area contributed by atoms with Gasteiger partial charge in [0.15, 0.2) is 5.78 Å². The van der Waals surface area contributed by atoms with Gasteiger partial charge < -0.3 is 4.74 Å². The molecule has 4 heteroatoms. The van der Waals surface area contributed by atoms with Gasteiger partial charge >= 0.3 is 0 Å². The van der Waals surface area contributed by atoms with E-state index in [1.165, 1.54) is 6.20 Å². The third kappa shape index (κ3) is 2.60. The number of hydrogen-bond donors (Lipinski definition) is 0. The maximum atomic E-state index is 12.7. The Balaban J connectivity index is 2.78. The Kier molecular flexibility index (Phi) is 3.71. The zero-order valence-corrected chi connectivity index (χ0v) is 8.16. The predicted octanol–water partition coefficient (Wildman–Crippen LogP) is 1.83. The van der Waals surface area contributed by atoms with Gasteiger partial charge in [0.25, 0.3) is 0 Å². The molecule has 76 valence electrons. The largest absolute Gasteiger partial charge is 0.371 e. The second kappa shape index (κ2) is 4.81. The molecule has 1 aromatic rings. The van der Waals surface area contributed by atoms with Crippen molar-refractivity contribution in [2.75, 3.05) is 6.61 Å². The van der Waals surface area contributed by atoms with Crippen LogP contribution in [0.5, 0.6) is 0 Å². The number of ketones is 1. The minimum atomic E-state index is -0.552. The van der Waals surface area contributed by atoms with Crippen molar-refractivity contribution in [1.82, 2.24) is 4.98 Å². The van der Waals surface area contributed by atoms with E-state index in [1.54, 1.807) is 13.8 Å². The molecule has 0 bridgehead atoms. The Hall–Kier alpha value is -1.29. The molecule has 0 aliphatic rings. The summed E-state index contributed by atoms with van der Waals surface area (Å²) in [6, 6.07) is 1.16. The van der Waals surface area contributed by atoms with Gasteiger partial charge in [0.05, 0.1) is 6.20 Å². The molecular formula is C10H12FNO2. The highest BCUT2D eigenvalue weighted by Crippen LogP contribution is 2.06. The van der Waals surface area contributed by atoms with Crippen LogP contribution >= 0.6 is 0 Å². The number of pyridine rings is 1. The molecule has 3 nitrogen and oxygen atoms in total. The predicted molar refractivity (Wildman–Crippen MR) is 49.6 cm³/mol. The van der Waals surface area contributed by atoms with Gasteiger partial charge in [-0.3, -0.25) is 9.78 Å². The van der Waals surface area contributed by atoms with Crippen molar-refractivity contribution in [3.05, 3.63) is 29.8 Å². The van der Waals surface area contributed by atoms with Crippen molar-refractivity contribution in [3.8, 4) is 0 Å². The van der Waals surface area contributed by atoms with E-state index in [2.05, 4.69) is 4.98 Å². The van der Waals surface area contributed by atoms with E-state index in [4.69, 9.17) is 4.74 Å². The quantitative estimate of drug-likeness (QED) is 0.691. The van der Waals surface area contributed by atoms with Crippen LogP contribution in [0.25, 0.3) is 0 Å². The second-order valence-corrected chi connectivity index (χ2v) is 2.85. The Morgan fingerprint density at radius 3 is 2.93 bits per heavy atom. The molecule has 14 heavy (non-hydrogen) atoms. The molecule has 1 unspecified atom stereocenters. The van der Waals surface area contributed by atoms with Crippen LogP contribution in [0.15, 0.2) is 18.5 Å². The van der Waals surface area contributed by atoms with Gasteiger partial charge in [-0.05, 0) is 19.9 Å². The first-order valence-corrected chi connectivity index (χ1v) is 4.41. The number of carbonyl (C=O) groups excluding carboxylic acids is 1. The van der Waals surface area contributed by atoms with E-state index in [1.807, 2.05) is 0 Å². The molecule has 0 saturated carbocycles. The van der Waals surface area contributed by atoms with Gasteiger partial charge in [0.2, 0.25) is 0 Å². The molecule has 1 aromatic heterocycles. The summed E-state index contributed by atoms with van der Waals surface area (Å²) < 4.78 is 17.8. The fraction of sp³-hybridized carbons (Fsp3) is 0.400. The molecule has 1 atom stereocenters. The molecule has 0 fully saturated rings. The van der Waals surface area contributed by atoms with Crippen molar-refractivity contribution in [2.24, 2.45) is 0 Å². The third-order valence-corrected chi connectivity index (χ3v) is 1.78. The Morgan fingerprint density at radius 1 is 1.64 bits per heavy atom. The topological polar surface area (TPSA) is 39.2 Å². The summed E-state index contributed by atoms with van der Waals surface area (Å²) in [6.07, 6.45) is 1.84.